The predicted molar refractivity (Wildman–Crippen MR) is 95.3 cm³/mol. The third-order valence-electron chi connectivity index (χ3n) is 4.93. The SMILES string of the molecule is O=C(Nc1ccc2c(c1F)CCNC2)c1cc2c(s1)CCCCC2. The minimum atomic E-state index is -0.277. The van der Waals surface area contributed by atoms with E-state index in [-0.39, 0.29) is 11.7 Å². The molecular weight excluding hydrogens is 323 g/mol. The van der Waals surface area contributed by atoms with Gasteiger partial charge in [-0.1, -0.05) is 12.5 Å². The Kier molecular flexibility index (Phi) is 4.37. The van der Waals surface area contributed by atoms with Crippen LogP contribution in [0.4, 0.5) is 10.1 Å². The van der Waals surface area contributed by atoms with Crippen LogP contribution in [0.1, 0.15) is 50.5 Å². The van der Waals surface area contributed by atoms with Crippen molar-refractivity contribution in [3.05, 3.63) is 50.5 Å². The van der Waals surface area contributed by atoms with Gasteiger partial charge < -0.3 is 10.6 Å². The zero-order valence-corrected chi connectivity index (χ0v) is 14.4. The van der Waals surface area contributed by atoms with Gasteiger partial charge in [-0.3, -0.25) is 4.79 Å². The second kappa shape index (κ2) is 6.65. The first kappa shape index (κ1) is 15.8. The molecule has 1 aliphatic carbocycles. The molecule has 4 rings (SSSR count). The van der Waals surface area contributed by atoms with Crippen molar-refractivity contribution < 1.29 is 9.18 Å². The summed E-state index contributed by atoms with van der Waals surface area (Å²) >= 11 is 1.57. The molecule has 5 heteroatoms. The first-order valence-corrected chi connectivity index (χ1v) is 9.48. The maximum Gasteiger partial charge on any atom is 0.265 e. The Balaban J connectivity index is 1.56. The van der Waals surface area contributed by atoms with Gasteiger partial charge in [0, 0.05) is 11.4 Å². The molecule has 0 unspecified atom stereocenters. The van der Waals surface area contributed by atoms with Crippen LogP contribution in [0.25, 0.3) is 0 Å². The number of fused-ring (bicyclic) bond motifs is 2. The lowest BCUT2D eigenvalue weighted by Gasteiger charge is -2.19. The normalized spacial score (nSPS) is 16.9. The molecule has 2 heterocycles. The van der Waals surface area contributed by atoms with Gasteiger partial charge in [0.25, 0.3) is 5.91 Å². The van der Waals surface area contributed by atoms with Crippen LogP contribution in [0.3, 0.4) is 0 Å². The van der Waals surface area contributed by atoms with Gasteiger partial charge in [-0.05, 0) is 67.5 Å². The van der Waals surface area contributed by atoms with Crippen molar-refractivity contribution in [2.45, 2.75) is 45.1 Å². The van der Waals surface area contributed by atoms with Gasteiger partial charge in [-0.25, -0.2) is 4.39 Å². The van der Waals surface area contributed by atoms with Crippen molar-refractivity contribution in [1.29, 1.82) is 0 Å². The Morgan fingerprint density at radius 1 is 1.12 bits per heavy atom. The molecule has 0 radical (unpaired) electrons. The summed E-state index contributed by atoms with van der Waals surface area (Å²) in [5, 5.41) is 6.01. The molecule has 1 amide bonds. The summed E-state index contributed by atoms with van der Waals surface area (Å²) in [5.41, 5.74) is 3.32. The highest BCUT2D eigenvalue weighted by molar-refractivity contribution is 7.14. The number of halogens is 1. The summed E-state index contributed by atoms with van der Waals surface area (Å²) < 4.78 is 14.7. The minimum absolute atomic E-state index is 0.194. The molecule has 0 saturated heterocycles. The Morgan fingerprint density at radius 2 is 2.00 bits per heavy atom. The van der Waals surface area contributed by atoms with Crippen LogP contribution in [0.5, 0.6) is 0 Å². The first-order valence-electron chi connectivity index (χ1n) is 8.66. The second-order valence-corrected chi connectivity index (χ2v) is 7.70. The molecule has 126 valence electrons. The summed E-state index contributed by atoms with van der Waals surface area (Å²) in [7, 11) is 0. The van der Waals surface area contributed by atoms with Gasteiger partial charge >= 0.3 is 0 Å². The van der Waals surface area contributed by atoms with E-state index in [0.29, 0.717) is 23.5 Å². The monoisotopic (exact) mass is 344 g/mol. The number of anilines is 1. The predicted octanol–water partition coefficient (Wildman–Crippen LogP) is 4.05. The Labute approximate surface area is 145 Å². The van der Waals surface area contributed by atoms with E-state index in [1.165, 1.54) is 29.7 Å². The summed E-state index contributed by atoms with van der Waals surface area (Å²) in [6.45, 7) is 1.47. The summed E-state index contributed by atoms with van der Waals surface area (Å²) in [6, 6.07) is 5.59. The molecule has 1 aromatic heterocycles. The van der Waals surface area contributed by atoms with Crippen molar-refractivity contribution in [2.24, 2.45) is 0 Å². The van der Waals surface area contributed by atoms with Crippen LogP contribution in [0.2, 0.25) is 0 Å². The van der Waals surface area contributed by atoms with E-state index < -0.39 is 0 Å². The fourth-order valence-electron chi connectivity index (χ4n) is 3.59. The van der Waals surface area contributed by atoms with E-state index in [2.05, 4.69) is 10.6 Å². The lowest BCUT2D eigenvalue weighted by Crippen LogP contribution is -2.25. The smallest absolute Gasteiger partial charge is 0.265 e. The fraction of sp³-hybridized carbons (Fsp3) is 0.421. The topological polar surface area (TPSA) is 41.1 Å². The summed E-state index contributed by atoms with van der Waals surface area (Å²) in [5.74, 6) is -0.471. The Bertz CT molecular complexity index is 760. The first-order chi connectivity index (χ1) is 11.7. The summed E-state index contributed by atoms with van der Waals surface area (Å²) in [6.07, 6.45) is 6.43. The number of hydrogen-bond donors (Lipinski definition) is 2. The minimum Gasteiger partial charge on any atom is -0.319 e. The number of thiophene rings is 1. The van der Waals surface area contributed by atoms with E-state index in [1.807, 2.05) is 12.1 Å². The summed E-state index contributed by atoms with van der Waals surface area (Å²) in [4.78, 5) is 14.6. The molecule has 2 aliphatic rings. The molecular formula is C19H21FN2OS. The fourth-order valence-corrected chi connectivity index (χ4v) is 4.74. The molecule has 1 aliphatic heterocycles. The Morgan fingerprint density at radius 3 is 2.92 bits per heavy atom. The van der Waals surface area contributed by atoms with Crippen LogP contribution < -0.4 is 10.6 Å². The molecule has 24 heavy (non-hydrogen) atoms. The molecule has 2 aromatic rings. The van der Waals surface area contributed by atoms with Crippen LogP contribution in [0, 0.1) is 5.82 Å². The lowest BCUT2D eigenvalue weighted by atomic mass is 9.99. The highest BCUT2D eigenvalue weighted by Crippen LogP contribution is 2.30. The van der Waals surface area contributed by atoms with Crippen LogP contribution in [-0.4, -0.2) is 12.5 Å². The molecule has 1 aromatic carbocycles. The van der Waals surface area contributed by atoms with Gasteiger partial charge in [0.1, 0.15) is 5.82 Å². The maximum atomic E-state index is 14.7. The number of benzene rings is 1. The van der Waals surface area contributed by atoms with Crippen molar-refractivity contribution in [3.63, 3.8) is 0 Å². The highest BCUT2D eigenvalue weighted by atomic mass is 32.1. The van der Waals surface area contributed by atoms with Crippen molar-refractivity contribution in [1.82, 2.24) is 5.32 Å². The molecule has 2 N–H and O–H groups in total. The van der Waals surface area contributed by atoms with Crippen molar-refractivity contribution in [2.75, 3.05) is 11.9 Å². The largest absolute Gasteiger partial charge is 0.319 e. The molecule has 0 spiro atoms. The van der Waals surface area contributed by atoms with Crippen molar-refractivity contribution >= 4 is 22.9 Å². The average Bonchev–Trinajstić information content (AvgIpc) is 2.88. The number of rotatable bonds is 2. The maximum absolute atomic E-state index is 14.7. The molecule has 0 bridgehead atoms. The van der Waals surface area contributed by atoms with E-state index in [0.717, 1.165) is 30.5 Å². The third-order valence-corrected chi connectivity index (χ3v) is 6.16. The lowest BCUT2D eigenvalue weighted by molar-refractivity contribution is 0.103. The average molecular weight is 344 g/mol. The quantitative estimate of drug-likeness (QED) is 0.807. The van der Waals surface area contributed by atoms with Gasteiger partial charge in [-0.2, -0.15) is 0 Å². The second-order valence-electron chi connectivity index (χ2n) is 6.57. The van der Waals surface area contributed by atoms with E-state index >= 15 is 0 Å². The molecule has 0 fully saturated rings. The number of carbonyl (C=O) groups is 1. The van der Waals surface area contributed by atoms with Gasteiger partial charge in [0.2, 0.25) is 0 Å². The van der Waals surface area contributed by atoms with E-state index in [1.54, 1.807) is 17.4 Å². The van der Waals surface area contributed by atoms with Crippen molar-refractivity contribution in [3.8, 4) is 0 Å². The van der Waals surface area contributed by atoms with Gasteiger partial charge in [0.05, 0.1) is 10.6 Å². The van der Waals surface area contributed by atoms with Crippen LogP contribution >= 0.6 is 11.3 Å². The zero-order valence-electron chi connectivity index (χ0n) is 13.6. The number of nitrogens with one attached hydrogen (secondary N) is 2. The van der Waals surface area contributed by atoms with Crippen LogP contribution in [-0.2, 0) is 25.8 Å². The van der Waals surface area contributed by atoms with E-state index in [4.69, 9.17) is 0 Å². The highest BCUT2D eigenvalue weighted by Gasteiger charge is 2.20. The number of aryl methyl sites for hydroxylation is 2. The van der Waals surface area contributed by atoms with Crippen LogP contribution in [0.15, 0.2) is 18.2 Å². The van der Waals surface area contributed by atoms with Gasteiger partial charge in [-0.15, -0.1) is 11.3 Å². The van der Waals surface area contributed by atoms with Gasteiger partial charge in [0.15, 0.2) is 0 Å². The Hall–Kier alpha value is -1.72. The number of carbonyl (C=O) groups excluding carboxylic acids is 1. The number of amides is 1. The zero-order chi connectivity index (χ0) is 16.5. The molecule has 3 nitrogen and oxygen atoms in total. The number of hydrogen-bond acceptors (Lipinski definition) is 3. The molecule has 0 atom stereocenters. The van der Waals surface area contributed by atoms with E-state index in [9.17, 15) is 9.18 Å². The third kappa shape index (κ3) is 2.98. The molecule has 0 saturated carbocycles. The standard InChI is InChI=1S/C19H21FN2OS/c20-18-14-8-9-21-11-13(14)6-7-15(18)22-19(23)17-10-12-4-2-1-3-5-16(12)24-17/h6-7,10,21H,1-5,8-9,11H2,(H,22,23).